The molecule has 3 atom stereocenters. The number of aliphatic hydroxyl groups is 2. The molecule has 0 aromatic heterocycles. The van der Waals surface area contributed by atoms with Gasteiger partial charge in [-0.15, -0.1) is 0 Å². The summed E-state index contributed by atoms with van der Waals surface area (Å²) < 4.78 is 27.3. The fourth-order valence-corrected chi connectivity index (χ4v) is 4.36. The van der Waals surface area contributed by atoms with Crippen molar-refractivity contribution in [3.05, 3.63) is 82.9 Å². The lowest BCUT2D eigenvalue weighted by molar-refractivity contribution is -0.164. The third-order valence-electron chi connectivity index (χ3n) is 6.21. The standard InChI is InChI=1S/C10H11NO3.C10H9NO2.C8H5NO.C2H6O2.2CH4.B.2H2O/c11-6-7-5-10(2-1-8(7)14-10)9-12-3-4-13-9;11-7-8-2-1-3-9(6-8)10-12-4-5-13-10;9-5-7-2-1-3-8(4-7)6-10;3-1-2-4;;;;;/h1-2,7-9H,3-5H2;1-3,6,10H,4-5H2;1-4,6H;3-4H,1-2H2;2*1H4;;2*1H2/p+1. The predicted molar refractivity (Wildman–Crippen MR) is 170 cm³/mol. The highest BCUT2D eigenvalue weighted by Gasteiger charge is 2.55. The Morgan fingerprint density at radius 1 is 0.870 bits per heavy atom. The Bertz CT molecular complexity index is 1300. The highest BCUT2D eigenvalue weighted by Crippen LogP contribution is 2.45. The van der Waals surface area contributed by atoms with Crippen LogP contribution in [-0.4, -0.2) is 88.0 Å². The Morgan fingerprint density at radius 3 is 1.91 bits per heavy atom. The van der Waals surface area contributed by atoms with Crippen LogP contribution in [0.3, 0.4) is 0 Å². The molecule has 0 aliphatic carbocycles. The van der Waals surface area contributed by atoms with Crippen molar-refractivity contribution in [1.29, 1.82) is 15.8 Å². The van der Waals surface area contributed by atoms with E-state index in [0.29, 0.717) is 49.5 Å². The van der Waals surface area contributed by atoms with Crippen molar-refractivity contribution in [3.63, 3.8) is 0 Å². The molecule has 3 fully saturated rings. The Kier molecular flexibility index (Phi) is 24.5. The van der Waals surface area contributed by atoms with Crippen LogP contribution in [-0.2, 0) is 29.2 Å². The number of hydrogen-bond acceptors (Lipinski definition) is 11. The lowest BCUT2D eigenvalue weighted by Gasteiger charge is -2.27. The first-order chi connectivity index (χ1) is 20.0. The van der Waals surface area contributed by atoms with E-state index in [2.05, 4.69) is 12.1 Å². The molecule has 7 N–H and O–H groups in total. The molecular weight excluding hydrogens is 597 g/mol. The molecule has 3 saturated heterocycles. The van der Waals surface area contributed by atoms with Crippen LogP contribution in [0.5, 0.6) is 0 Å². The van der Waals surface area contributed by atoms with E-state index >= 15 is 0 Å². The normalized spacial score (nSPS) is 21.3. The number of rotatable bonds is 4. The van der Waals surface area contributed by atoms with Gasteiger partial charge in [0.05, 0.1) is 81.0 Å². The number of hydrogen-bond donors (Lipinski definition) is 2. The summed E-state index contributed by atoms with van der Waals surface area (Å²) in [7, 11) is 0. The molecule has 0 amide bonds. The van der Waals surface area contributed by atoms with E-state index in [0.717, 1.165) is 11.8 Å². The first kappa shape index (κ1) is 46.4. The van der Waals surface area contributed by atoms with Crippen LogP contribution in [0.2, 0.25) is 0 Å². The number of benzene rings is 2. The number of ether oxygens (including phenoxy) is 5. The molecule has 3 radical (unpaired) electrons. The molecule has 4 aliphatic rings. The Hall–Kier alpha value is -3.98. The minimum absolute atomic E-state index is 0. The predicted octanol–water partition coefficient (Wildman–Crippen LogP) is 1.69. The lowest BCUT2D eigenvalue weighted by atomic mass is 9.87. The zero-order chi connectivity index (χ0) is 29.5. The van der Waals surface area contributed by atoms with E-state index in [-0.39, 0.29) is 72.0 Å². The Balaban J connectivity index is -0.000000548. The van der Waals surface area contributed by atoms with Gasteiger partial charge in [0.15, 0.2) is 12.6 Å². The summed E-state index contributed by atoms with van der Waals surface area (Å²) in [6, 6.07) is 20.1. The number of nitriles is 3. The van der Waals surface area contributed by atoms with E-state index < -0.39 is 5.60 Å². The van der Waals surface area contributed by atoms with E-state index in [4.69, 9.17) is 49.7 Å². The van der Waals surface area contributed by atoms with Crippen molar-refractivity contribution in [2.24, 2.45) is 5.92 Å². The number of nitrogens with zero attached hydrogens (tertiary/aromatic N) is 3. The average Bonchev–Trinajstić information content (AvgIpc) is 3.87. The van der Waals surface area contributed by atoms with Gasteiger partial charge in [0.2, 0.25) is 0 Å². The smallest absolute Gasteiger partial charge is 0.190 e. The van der Waals surface area contributed by atoms with Crippen molar-refractivity contribution in [1.82, 2.24) is 0 Å². The van der Waals surface area contributed by atoms with E-state index in [9.17, 15) is 4.79 Å². The van der Waals surface area contributed by atoms with Gasteiger partial charge in [-0.1, -0.05) is 45.2 Å². The largest absolute Gasteiger partial charge is 0.457 e. The zero-order valence-corrected chi connectivity index (χ0v) is 24.0. The topological polar surface area (TPSA) is 240 Å². The highest BCUT2D eigenvalue weighted by molar-refractivity contribution is 5.75. The summed E-state index contributed by atoms with van der Waals surface area (Å²) in [6.45, 7) is 2.24. The van der Waals surface area contributed by atoms with Gasteiger partial charge in [0.25, 0.3) is 0 Å². The molecule has 0 saturated carbocycles. The average molecular weight is 642 g/mol. The van der Waals surface area contributed by atoms with E-state index in [1.807, 2.05) is 30.4 Å². The van der Waals surface area contributed by atoms with Gasteiger partial charge in [-0.05, 0) is 30.3 Å². The molecule has 4 heterocycles. The number of carbonyl (C=O) groups is 1. The first-order valence-corrected chi connectivity index (χ1v) is 12.9. The number of aliphatic hydroxyl groups excluding tert-OH is 2. The zero-order valence-electron chi connectivity index (χ0n) is 24.0. The highest BCUT2D eigenvalue weighted by atomic mass is 16.7. The summed E-state index contributed by atoms with van der Waals surface area (Å²) in [6.07, 6.45) is 4.68. The lowest BCUT2D eigenvalue weighted by Crippen LogP contribution is -2.39. The molecule has 249 valence electrons. The van der Waals surface area contributed by atoms with Gasteiger partial charge in [0.1, 0.15) is 11.9 Å². The third kappa shape index (κ3) is 12.8. The quantitative estimate of drug-likeness (QED) is 0.211. The Labute approximate surface area is 272 Å². The second-order valence-corrected chi connectivity index (χ2v) is 9.02. The maximum Gasteiger partial charge on any atom is 0.190 e. The van der Waals surface area contributed by atoms with Crippen LogP contribution in [0.15, 0.2) is 60.7 Å². The molecule has 2 bridgehead atoms. The van der Waals surface area contributed by atoms with Crippen molar-refractivity contribution in [3.8, 4) is 18.2 Å². The van der Waals surface area contributed by atoms with Crippen LogP contribution in [0.1, 0.15) is 54.6 Å². The molecule has 46 heavy (non-hydrogen) atoms. The fourth-order valence-electron chi connectivity index (χ4n) is 4.36. The molecule has 2 aromatic carbocycles. The minimum atomic E-state index is -0.485. The maximum atomic E-state index is 10.2. The van der Waals surface area contributed by atoms with Crippen molar-refractivity contribution < 1.29 is 49.6 Å². The minimum Gasteiger partial charge on any atom is -0.457 e. The van der Waals surface area contributed by atoms with Crippen LogP contribution in [0.4, 0.5) is 0 Å². The van der Waals surface area contributed by atoms with Gasteiger partial charge >= 0.3 is 0 Å². The summed E-state index contributed by atoms with van der Waals surface area (Å²) in [5.74, 6) is -0.0483. The SMILES string of the molecule is C.C.N#CC1CC2(C3OCCO3)C=CC1O2.N#Cc1cccc(C2OCCO2)c1.N#Cc1cccc(C=O)c1.O.OCCO.[B].[OH3+]. The number of carbonyl (C=O) groups excluding carboxylic acids is 1. The van der Waals surface area contributed by atoms with Crippen molar-refractivity contribution >= 4 is 14.7 Å². The fraction of sp³-hybridized carbons (Fsp3) is 0.438. The van der Waals surface area contributed by atoms with Crippen LogP contribution in [0.25, 0.3) is 0 Å². The second kappa shape index (κ2) is 24.3. The molecule has 0 spiro atoms. The van der Waals surface area contributed by atoms with Gasteiger partial charge < -0.3 is 44.8 Å². The summed E-state index contributed by atoms with van der Waals surface area (Å²) in [5, 5.41) is 41.2. The second-order valence-electron chi connectivity index (χ2n) is 9.02. The van der Waals surface area contributed by atoms with Crippen LogP contribution in [0, 0.1) is 39.9 Å². The molecule has 4 aliphatic heterocycles. The van der Waals surface area contributed by atoms with E-state index in [1.54, 1.807) is 36.4 Å². The van der Waals surface area contributed by atoms with Gasteiger partial charge in [-0.2, -0.15) is 15.8 Å². The molecule has 14 heteroatoms. The maximum absolute atomic E-state index is 10.2. The van der Waals surface area contributed by atoms with Crippen LogP contribution >= 0.6 is 0 Å². The van der Waals surface area contributed by atoms with Gasteiger partial charge in [-0.3, -0.25) is 4.79 Å². The van der Waals surface area contributed by atoms with Gasteiger partial charge in [-0.25, -0.2) is 0 Å². The number of aldehydes is 1. The molecule has 13 nitrogen and oxygen atoms in total. The number of fused-ring (bicyclic) bond motifs is 2. The van der Waals surface area contributed by atoms with Crippen LogP contribution < -0.4 is 0 Å². The van der Waals surface area contributed by atoms with Crippen molar-refractivity contribution in [2.45, 2.75) is 45.6 Å². The van der Waals surface area contributed by atoms with Crippen molar-refractivity contribution in [2.75, 3.05) is 39.6 Å². The monoisotopic (exact) mass is 641 g/mol. The molecule has 6 rings (SSSR count). The summed E-state index contributed by atoms with van der Waals surface area (Å²) in [4.78, 5) is 10.2. The summed E-state index contributed by atoms with van der Waals surface area (Å²) in [5.41, 5.74) is 2.12. The molecule has 2 aromatic rings. The summed E-state index contributed by atoms with van der Waals surface area (Å²) >= 11 is 0. The molecular formula is C32H44BN3O10+. The molecule has 3 unspecified atom stereocenters. The first-order valence-electron chi connectivity index (χ1n) is 12.9. The van der Waals surface area contributed by atoms with Gasteiger partial charge in [0, 0.05) is 26.0 Å². The third-order valence-corrected chi connectivity index (χ3v) is 6.21. The Morgan fingerprint density at radius 2 is 1.41 bits per heavy atom. The van der Waals surface area contributed by atoms with E-state index in [1.165, 1.54) is 0 Å².